The molecule has 0 saturated carbocycles. The number of halogens is 8. The summed E-state index contributed by atoms with van der Waals surface area (Å²) in [5, 5.41) is 4.63. The molecule has 3 rings (SSSR count). The van der Waals surface area contributed by atoms with Gasteiger partial charge in [0.2, 0.25) is 0 Å². The predicted octanol–water partition coefficient (Wildman–Crippen LogP) is 4.14. The Balaban J connectivity index is 2.17. The Labute approximate surface area is 153 Å². The Morgan fingerprint density at radius 1 is 1.11 bits per heavy atom. The first-order valence-electron chi connectivity index (χ1n) is 7.28. The first-order valence-corrected chi connectivity index (χ1v) is 8.16. The van der Waals surface area contributed by atoms with E-state index in [-0.39, 0.29) is 15.3 Å². The van der Waals surface area contributed by atoms with Gasteiger partial charge in [-0.25, -0.2) is 4.98 Å². The highest BCUT2D eigenvalue weighted by molar-refractivity contribution is 7.15. The molecule has 0 unspecified atom stereocenters. The maximum atomic E-state index is 13.4. The van der Waals surface area contributed by atoms with Crippen LogP contribution < -0.4 is 5.56 Å². The number of hydrogen-bond acceptors (Lipinski definition) is 4. The maximum Gasteiger partial charge on any atom is 0.455 e. The van der Waals surface area contributed by atoms with Gasteiger partial charge in [-0.2, -0.15) is 40.2 Å². The molecule has 3 aromatic rings. The third-order valence-electron chi connectivity index (χ3n) is 3.71. The molecule has 0 aromatic carbocycles. The molecular formula is C14H8F8N4OS. The molecule has 0 bridgehead atoms. The molecule has 3 heterocycles. The minimum Gasteiger partial charge on any atom is -0.268 e. The lowest BCUT2D eigenvalue weighted by Gasteiger charge is -2.19. The van der Waals surface area contributed by atoms with Gasteiger partial charge < -0.3 is 0 Å². The molecule has 0 aliphatic carbocycles. The van der Waals surface area contributed by atoms with Gasteiger partial charge in [0.25, 0.3) is 5.56 Å². The number of nitrogens with zero attached hydrogens (tertiary/aromatic N) is 4. The molecule has 0 fully saturated rings. The van der Waals surface area contributed by atoms with E-state index in [2.05, 4.69) is 10.1 Å². The van der Waals surface area contributed by atoms with E-state index in [1.807, 2.05) is 0 Å². The fraction of sp³-hybridized carbons (Fsp3) is 0.357. The summed E-state index contributed by atoms with van der Waals surface area (Å²) >= 11 is 0.785. The highest BCUT2D eigenvalue weighted by Gasteiger charge is 2.57. The summed E-state index contributed by atoms with van der Waals surface area (Å²) in [6.45, 7) is -0.511. The molecule has 3 aromatic heterocycles. The van der Waals surface area contributed by atoms with Crippen molar-refractivity contribution in [3.05, 3.63) is 39.5 Å². The Morgan fingerprint density at radius 3 is 2.32 bits per heavy atom. The number of aryl methyl sites for hydroxylation is 1. The zero-order chi connectivity index (χ0) is 21.1. The molecule has 28 heavy (non-hydrogen) atoms. The minimum absolute atomic E-state index is 0.123. The van der Waals surface area contributed by atoms with Crippen LogP contribution in [0.2, 0.25) is 0 Å². The molecule has 0 radical (unpaired) electrons. The van der Waals surface area contributed by atoms with Crippen molar-refractivity contribution in [3.63, 3.8) is 0 Å². The fourth-order valence-corrected chi connectivity index (χ4v) is 3.28. The summed E-state index contributed by atoms with van der Waals surface area (Å²) in [7, 11) is 0. The predicted molar refractivity (Wildman–Crippen MR) is 81.3 cm³/mol. The first kappa shape index (κ1) is 20.2. The minimum atomic E-state index is -5.87. The van der Waals surface area contributed by atoms with Crippen LogP contribution in [-0.2, 0) is 12.7 Å². The van der Waals surface area contributed by atoms with E-state index in [9.17, 15) is 39.9 Å². The van der Waals surface area contributed by atoms with Gasteiger partial charge in [-0.05, 0) is 6.92 Å². The lowest BCUT2D eigenvalue weighted by Crippen LogP contribution is -2.40. The molecule has 0 spiro atoms. The van der Waals surface area contributed by atoms with E-state index in [1.54, 1.807) is 0 Å². The van der Waals surface area contributed by atoms with Crippen molar-refractivity contribution in [1.29, 1.82) is 0 Å². The van der Waals surface area contributed by atoms with Gasteiger partial charge in [0.05, 0.1) is 11.8 Å². The van der Waals surface area contributed by atoms with E-state index < -0.39 is 47.2 Å². The van der Waals surface area contributed by atoms with Crippen molar-refractivity contribution in [2.24, 2.45) is 0 Å². The van der Waals surface area contributed by atoms with Crippen molar-refractivity contribution in [1.82, 2.24) is 19.2 Å². The number of fused-ring (bicyclic) bond motifs is 1. The van der Waals surface area contributed by atoms with E-state index in [0.29, 0.717) is 12.4 Å². The average Bonchev–Trinajstić information content (AvgIpc) is 3.12. The third-order valence-corrected chi connectivity index (χ3v) is 4.65. The SMILES string of the molecule is Cc1csc2nc(C(F)(F)F)c(-c3cnn(CC(F)(F)C(F)(F)F)c3)c(=O)n12. The van der Waals surface area contributed by atoms with Gasteiger partial charge in [-0.1, -0.05) is 0 Å². The van der Waals surface area contributed by atoms with Gasteiger partial charge in [0.1, 0.15) is 6.54 Å². The van der Waals surface area contributed by atoms with Crippen molar-refractivity contribution in [3.8, 4) is 11.1 Å². The van der Waals surface area contributed by atoms with E-state index in [1.165, 1.54) is 12.3 Å². The van der Waals surface area contributed by atoms with Crippen LogP contribution in [0.4, 0.5) is 35.1 Å². The topological polar surface area (TPSA) is 52.2 Å². The second-order valence-electron chi connectivity index (χ2n) is 5.76. The Morgan fingerprint density at radius 2 is 1.75 bits per heavy atom. The van der Waals surface area contributed by atoms with Crippen molar-refractivity contribution < 1.29 is 35.1 Å². The first-order chi connectivity index (χ1) is 12.7. The number of hydrogen-bond donors (Lipinski definition) is 0. The largest absolute Gasteiger partial charge is 0.455 e. The highest BCUT2D eigenvalue weighted by Crippen LogP contribution is 2.38. The summed E-state index contributed by atoms with van der Waals surface area (Å²) in [5.41, 5.74) is -4.01. The van der Waals surface area contributed by atoms with E-state index in [0.717, 1.165) is 15.7 Å². The summed E-state index contributed by atoms with van der Waals surface area (Å²) in [6.07, 6.45) is -9.82. The van der Waals surface area contributed by atoms with Crippen molar-refractivity contribution >= 4 is 16.3 Å². The van der Waals surface area contributed by atoms with Crippen molar-refractivity contribution in [2.45, 2.75) is 31.7 Å². The highest BCUT2D eigenvalue weighted by atomic mass is 32.1. The number of aromatic nitrogens is 4. The summed E-state index contributed by atoms with van der Waals surface area (Å²) in [5.74, 6) is -5.16. The zero-order valence-corrected chi connectivity index (χ0v) is 14.4. The second-order valence-corrected chi connectivity index (χ2v) is 6.60. The van der Waals surface area contributed by atoms with Gasteiger partial charge in [-0.3, -0.25) is 13.9 Å². The zero-order valence-electron chi connectivity index (χ0n) is 13.6. The molecule has 0 amide bonds. The van der Waals surface area contributed by atoms with E-state index >= 15 is 0 Å². The van der Waals surface area contributed by atoms with Crippen LogP contribution in [0.15, 0.2) is 22.6 Å². The van der Waals surface area contributed by atoms with Gasteiger partial charge in [-0.15, -0.1) is 11.3 Å². The Bertz CT molecular complexity index is 1090. The van der Waals surface area contributed by atoms with Gasteiger partial charge in [0.15, 0.2) is 10.7 Å². The lowest BCUT2D eigenvalue weighted by atomic mass is 10.1. The quantitative estimate of drug-likeness (QED) is 0.585. The molecule has 152 valence electrons. The van der Waals surface area contributed by atoms with Gasteiger partial charge >= 0.3 is 18.3 Å². The Hall–Kier alpha value is -2.51. The molecule has 0 aliphatic heterocycles. The smallest absolute Gasteiger partial charge is 0.268 e. The number of thiazole rings is 1. The standard InChI is InChI=1S/C14H8F8N4OS/c1-6-4-28-11-24-9(13(17,18)19)8(10(27)26(6)11)7-2-23-25(3-7)5-12(15,16)14(20,21)22/h2-4H,5H2,1H3. The van der Waals surface area contributed by atoms with Crippen LogP contribution in [0, 0.1) is 6.92 Å². The van der Waals surface area contributed by atoms with Crippen LogP contribution >= 0.6 is 11.3 Å². The fourth-order valence-electron chi connectivity index (χ4n) is 2.42. The average molecular weight is 432 g/mol. The normalized spacial score (nSPS) is 13.5. The maximum absolute atomic E-state index is 13.4. The van der Waals surface area contributed by atoms with Crippen molar-refractivity contribution in [2.75, 3.05) is 0 Å². The number of rotatable bonds is 3. The van der Waals surface area contributed by atoms with Crippen LogP contribution in [0.5, 0.6) is 0 Å². The molecule has 5 nitrogen and oxygen atoms in total. The molecular weight excluding hydrogens is 424 g/mol. The molecule has 0 N–H and O–H groups in total. The summed E-state index contributed by atoms with van der Waals surface area (Å²) in [6, 6.07) is 0. The van der Waals surface area contributed by atoms with Crippen LogP contribution in [0.25, 0.3) is 16.1 Å². The monoisotopic (exact) mass is 432 g/mol. The Kier molecular flexibility index (Phi) is 4.52. The molecule has 14 heteroatoms. The summed E-state index contributed by atoms with van der Waals surface area (Å²) in [4.78, 5) is 15.8. The molecule has 0 saturated heterocycles. The van der Waals surface area contributed by atoms with Gasteiger partial charge in [0, 0.05) is 22.8 Å². The van der Waals surface area contributed by atoms with Crippen LogP contribution in [-0.4, -0.2) is 31.3 Å². The van der Waals surface area contributed by atoms with Crippen LogP contribution in [0.1, 0.15) is 11.4 Å². The lowest BCUT2D eigenvalue weighted by molar-refractivity contribution is -0.287. The van der Waals surface area contributed by atoms with E-state index in [4.69, 9.17) is 0 Å². The number of alkyl halides is 8. The molecule has 0 aliphatic rings. The third kappa shape index (κ3) is 3.36. The van der Waals surface area contributed by atoms with Crippen LogP contribution in [0.3, 0.4) is 0 Å². The summed E-state index contributed by atoms with van der Waals surface area (Å²) < 4.78 is 104. The second kappa shape index (κ2) is 6.25. The molecule has 0 atom stereocenters.